The van der Waals surface area contributed by atoms with Gasteiger partial charge in [-0.1, -0.05) is 32.9 Å². The van der Waals surface area contributed by atoms with Crippen LogP contribution in [0, 0.1) is 22.6 Å². The molecule has 1 aromatic carbocycles. The number of anilines is 2. The Morgan fingerprint density at radius 3 is 2.51 bits per heavy atom. The van der Waals surface area contributed by atoms with E-state index in [0.29, 0.717) is 29.9 Å². The maximum atomic E-state index is 14.5. The van der Waals surface area contributed by atoms with Gasteiger partial charge in [0.15, 0.2) is 5.82 Å². The Morgan fingerprint density at radius 1 is 1.16 bits per heavy atom. The number of halogens is 1. The lowest BCUT2D eigenvalue weighted by atomic mass is 9.93. The summed E-state index contributed by atoms with van der Waals surface area (Å²) in [6, 6.07) is 8.28. The van der Waals surface area contributed by atoms with Crippen molar-refractivity contribution in [1.82, 2.24) is 30.0 Å². The number of rotatable bonds is 6. The number of likely N-dealkylation sites (tertiary alicyclic amines) is 1. The highest BCUT2D eigenvalue weighted by Gasteiger charge is 2.31. The first-order valence-corrected chi connectivity index (χ1v) is 12.0. The van der Waals surface area contributed by atoms with Gasteiger partial charge in [-0.15, -0.1) is 0 Å². The zero-order valence-corrected chi connectivity index (χ0v) is 21.0. The molecule has 2 N–H and O–H groups in total. The van der Waals surface area contributed by atoms with Gasteiger partial charge < -0.3 is 15.5 Å². The molecular weight excluding hydrogens is 475 g/mol. The molecule has 1 aliphatic heterocycles. The Balaban J connectivity index is 1.41. The topological polar surface area (TPSA) is 129 Å². The average molecular weight is 505 g/mol. The molecule has 0 saturated carbocycles. The summed E-state index contributed by atoms with van der Waals surface area (Å²) in [5, 5.41) is 18.6. The summed E-state index contributed by atoms with van der Waals surface area (Å²) < 4.78 is 16.4. The molecule has 37 heavy (non-hydrogen) atoms. The van der Waals surface area contributed by atoms with Crippen LogP contribution in [0.2, 0.25) is 0 Å². The molecule has 192 valence electrons. The van der Waals surface area contributed by atoms with E-state index in [9.17, 15) is 14.0 Å². The highest BCUT2D eigenvalue weighted by molar-refractivity contribution is 5.94. The molecule has 3 heterocycles. The van der Waals surface area contributed by atoms with Gasteiger partial charge in [-0.3, -0.25) is 14.3 Å². The molecule has 10 nitrogen and oxygen atoms in total. The van der Waals surface area contributed by atoms with Gasteiger partial charge in [0.1, 0.15) is 12.2 Å². The van der Waals surface area contributed by atoms with Gasteiger partial charge >= 0.3 is 0 Å². The second-order valence-corrected chi connectivity index (χ2v) is 9.92. The third-order valence-electron chi connectivity index (χ3n) is 6.12. The first kappa shape index (κ1) is 25.8. The molecular formula is C26H29FN8O2. The molecule has 2 aromatic heterocycles. The zero-order valence-electron chi connectivity index (χ0n) is 21.0. The minimum atomic E-state index is -0.598. The Morgan fingerprint density at radius 2 is 1.86 bits per heavy atom. The van der Waals surface area contributed by atoms with Crippen LogP contribution in [-0.2, 0) is 4.79 Å². The van der Waals surface area contributed by atoms with E-state index in [1.54, 1.807) is 30.5 Å². The van der Waals surface area contributed by atoms with Crippen LogP contribution in [0.3, 0.4) is 0 Å². The van der Waals surface area contributed by atoms with Crippen molar-refractivity contribution in [3.8, 4) is 17.3 Å². The Labute approximate surface area is 214 Å². The van der Waals surface area contributed by atoms with E-state index < -0.39 is 11.2 Å². The molecule has 2 amide bonds. The van der Waals surface area contributed by atoms with Crippen molar-refractivity contribution in [2.24, 2.45) is 5.41 Å². The summed E-state index contributed by atoms with van der Waals surface area (Å²) >= 11 is 0. The molecule has 1 saturated heterocycles. The Kier molecular flexibility index (Phi) is 7.47. The Hall–Kier alpha value is -4.33. The van der Waals surface area contributed by atoms with Crippen molar-refractivity contribution >= 4 is 23.5 Å². The molecule has 0 radical (unpaired) electrons. The molecule has 11 heteroatoms. The fourth-order valence-corrected chi connectivity index (χ4v) is 4.17. The smallest absolute Gasteiger partial charge is 0.252 e. The van der Waals surface area contributed by atoms with E-state index in [2.05, 4.69) is 25.7 Å². The summed E-state index contributed by atoms with van der Waals surface area (Å²) in [4.78, 5) is 34.8. The third-order valence-corrected chi connectivity index (χ3v) is 6.12. The standard InChI is InChI=1S/C26H29FN8O2/c1-26(2,3)24(37)34-12-8-20(9-13-34)35-16-19(14-31-35)32-25-30-15-21(27)22(33-25)17-4-6-18(7-5-17)23(36)29-11-10-28/h4-7,14-16,20H,8-9,11-13H2,1-3H3,(H,29,36)(H,30,32,33). The van der Waals surface area contributed by atoms with Crippen LogP contribution in [0.25, 0.3) is 11.3 Å². The van der Waals surface area contributed by atoms with Gasteiger partial charge in [0.05, 0.1) is 30.2 Å². The van der Waals surface area contributed by atoms with Crippen LogP contribution in [0.15, 0.2) is 42.9 Å². The number of carbonyl (C=O) groups is 2. The van der Waals surface area contributed by atoms with E-state index in [1.165, 1.54) is 0 Å². The summed E-state index contributed by atoms with van der Waals surface area (Å²) in [7, 11) is 0. The number of nitrogens with one attached hydrogen (secondary N) is 2. The molecule has 0 aliphatic carbocycles. The number of hydrogen-bond acceptors (Lipinski definition) is 7. The first-order chi connectivity index (χ1) is 17.7. The fraction of sp³-hybridized carbons (Fsp3) is 0.385. The lowest BCUT2D eigenvalue weighted by Gasteiger charge is -2.35. The highest BCUT2D eigenvalue weighted by Crippen LogP contribution is 2.28. The number of nitrogens with zero attached hydrogens (tertiary/aromatic N) is 6. The minimum Gasteiger partial charge on any atom is -0.342 e. The van der Waals surface area contributed by atoms with Gasteiger partial charge in [0.2, 0.25) is 11.9 Å². The normalized spacial score (nSPS) is 14.2. The number of nitriles is 1. The number of amides is 2. The SMILES string of the molecule is CC(C)(C)C(=O)N1CCC(n2cc(Nc3ncc(F)c(-c4ccc(C(=O)NCC#N)cc4)n3)cn2)CC1. The second-order valence-electron chi connectivity index (χ2n) is 9.92. The molecule has 4 rings (SSSR count). The van der Waals surface area contributed by atoms with Crippen molar-refractivity contribution in [1.29, 1.82) is 5.26 Å². The molecule has 0 atom stereocenters. The van der Waals surface area contributed by atoms with E-state index in [0.717, 1.165) is 19.0 Å². The van der Waals surface area contributed by atoms with Crippen LogP contribution < -0.4 is 10.6 Å². The largest absolute Gasteiger partial charge is 0.342 e. The van der Waals surface area contributed by atoms with Crippen LogP contribution in [0.4, 0.5) is 16.0 Å². The number of carbonyl (C=O) groups excluding carboxylic acids is 2. The van der Waals surface area contributed by atoms with Crippen LogP contribution in [0.5, 0.6) is 0 Å². The van der Waals surface area contributed by atoms with E-state index >= 15 is 0 Å². The maximum Gasteiger partial charge on any atom is 0.252 e. The number of piperidine rings is 1. The second kappa shape index (κ2) is 10.7. The zero-order chi connectivity index (χ0) is 26.6. The lowest BCUT2D eigenvalue weighted by molar-refractivity contribution is -0.140. The van der Waals surface area contributed by atoms with Crippen LogP contribution >= 0.6 is 0 Å². The van der Waals surface area contributed by atoms with E-state index in [1.807, 2.05) is 42.6 Å². The molecule has 1 fully saturated rings. The predicted octanol–water partition coefficient (Wildman–Crippen LogP) is 3.69. The number of aromatic nitrogens is 4. The van der Waals surface area contributed by atoms with Crippen molar-refractivity contribution in [2.45, 2.75) is 39.7 Å². The van der Waals surface area contributed by atoms with Crippen molar-refractivity contribution < 1.29 is 14.0 Å². The van der Waals surface area contributed by atoms with Crippen molar-refractivity contribution in [2.75, 3.05) is 25.0 Å². The average Bonchev–Trinajstić information content (AvgIpc) is 3.36. The number of hydrogen-bond donors (Lipinski definition) is 2. The van der Waals surface area contributed by atoms with E-state index in [-0.39, 0.29) is 36.0 Å². The quantitative estimate of drug-likeness (QED) is 0.490. The monoisotopic (exact) mass is 504 g/mol. The lowest BCUT2D eigenvalue weighted by Crippen LogP contribution is -2.44. The third kappa shape index (κ3) is 6.09. The fourth-order valence-electron chi connectivity index (χ4n) is 4.17. The predicted molar refractivity (Wildman–Crippen MR) is 135 cm³/mol. The first-order valence-electron chi connectivity index (χ1n) is 12.0. The van der Waals surface area contributed by atoms with Gasteiger partial charge in [0, 0.05) is 35.8 Å². The molecule has 3 aromatic rings. The highest BCUT2D eigenvalue weighted by atomic mass is 19.1. The van der Waals surface area contributed by atoms with Crippen LogP contribution in [0.1, 0.15) is 50.0 Å². The molecule has 0 bridgehead atoms. The minimum absolute atomic E-state index is 0.0877. The maximum absolute atomic E-state index is 14.5. The van der Waals surface area contributed by atoms with Gasteiger partial charge in [0.25, 0.3) is 5.91 Å². The van der Waals surface area contributed by atoms with Gasteiger partial charge in [-0.05, 0) is 25.0 Å². The van der Waals surface area contributed by atoms with Crippen molar-refractivity contribution in [3.05, 3.63) is 54.2 Å². The van der Waals surface area contributed by atoms with Crippen molar-refractivity contribution in [3.63, 3.8) is 0 Å². The Bertz CT molecular complexity index is 1320. The van der Waals surface area contributed by atoms with E-state index in [4.69, 9.17) is 5.26 Å². The summed E-state index contributed by atoms with van der Waals surface area (Å²) in [6.45, 7) is 7.08. The molecule has 1 aliphatic rings. The van der Waals surface area contributed by atoms with Gasteiger partial charge in [-0.2, -0.15) is 10.4 Å². The molecule has 0 unspecified atom stereocenters. The summed E-state index contributed by atoms with van der Waals surface area (Å²) in [5.74, 6) is -0.617. The summed E-state index contributed by atoms with van der Waals surface area (Å²) in [6.07, 6.45) is 6.22. The summed E-state index contributed by atoms with van der Waals surface area (Å²) in [5.41, 5.74) is 1.19. The van der Waals surface area contributed by atoms with Gasteiger partial charge in [-0.25, -0.2) is 14.4 Å². The number of benzene rings is 1. The molecule has 0 spiro atoms. The van der Waals surface area contributed by atoms with Crippen LogP contribution in [-0.4, -0.2) is 56.1 Å².